The quantitative estimate of drug-likeness (QED) is 0.656. The molecule has 68 valence electrons. The van der Waals surface area contributed by atoms with Crippen molar-refractivity contribution in [2.24, 2.45) is 0 Å². The first-order valence-electron chi connectivity index (χ1n) is 3.90. The Balaban J connectivity index is 2.69. The van der Waals surface area contributed by atoms with Crippen molar-refractivity contribution in [3.63, 3.8) is 0 Å². The Morgan fingerprint density at radius 2 is 2.46 bits per heavy atom. The molecule has 0 atom stereocenters. The third-order valence-electron chi connectivity index (χ3n) is 1.64. The number of carbonyl (C=O) groups excluding carboxylic acids is 1. The highest BCUT2D eigenvalue weighted by Crippen LogP contribution is 2.02. The number of nitrogens with zero attached hydrogens (tertiary/aromatic N) is 1. The van der Waals surface area contributed by atoms with Gasteiger partial charge in [0.25, 0.3) is 0 Å². The summed E-state index contributed by atoms with van der Waals surface area (Å²) in [7, 11) is 1.36. The van der Waals surface area contributed by atoms with Crippen molar-refractivity contribution in [1.29, 1.82) is 0 Å². The first kappa shape index (κ1) is 9.45. The van der Waals surface area contributed by atoms with Crippen LogP contribution in [0.5, 0.6) is 0 Å². The molecule has 1 aromatic rings. The summed E-state index contributed by atoms with van der Waals surface area (Å²) in [6.45, 7) is 3.61. The van der Waals surface area contributed by atoms with Gasteiger partial charge in [-0.05, 0) is 11.6 Å². The number of hydrogen-bond donors (Lipinski definition) is 0. The Hall–Kier alpha value is -1.64. The van der Waals surface area contributed by atoms with Gasteiger partial charge in [0.2, 0.25) is 0 Å². The maximum Gasteiger partial charge on any atom is 0.311 e. The minimum atomic E-state index is -0.279. The molecule has 0 saturated heterocycles. The second kappa shape index (κ2) is 4.40. The molecule has 0 bridgehead atoms. The molecule has 0 fully saturated rings. The van der Waals surface area contributed by atoms with E-state index in [1.807, 2.05) is 6.07 Å². The topological polar surface area (TPSA) is 39.2 Å². The van der Waals surface area contributed by atoms with Gasteiger partial charge < -0.3 is 4.74 Å². The maximum atomic E-state index is 10.9. The van der Waals surface area contributed by atoms with Gasteiger partial charge in [-0.15, -0.1) is 0 Å². The number of hydrogen-bond acceptors (Lipinski definition) is 3. The van der Waals surface area contributed by atoms with E-state index in [-0.39, 0.29) is 12.4 Å². The molecule has 0 amide bonds. The van der Waals surface area contributed by atoms with Crippen LogP contribution in [0, 0.1) is 0 Å². The van der Waals surface area contributed by atoms with Gasteiger partial charge in [-0.25, -0.2) is 0 Å². The molecule has 3 nitrogen and oxygen atoms in total. The molecule has 13 heavy (non-hydrogen) atoms. The summed E-state index contributed by atoms with van der Waals surface area (Å²) in [4.78, 5) is 14.9. The van der Waals surface area contributed by atoms with Crippen molar-refractivity contribution in [2.45, 2.75) is 6.42 Å². The lowest BCUT2D eigenvalue weighted by atomic mass is 10.2. The fourth-order valence-corrected chi connectivity index (χ4v) is 0.881. The van der Waals surface area contributed by atoms with Crippen LogP contribution in [0.15, 0.2) is 24.9 Å². The monoisotopic (exact) mass is 177 g/mol. The Bertz CT molecular complexity index is 303. The number of methoxy groups -OCH3 is 1. The Kier molecular flexibility index (Phi) is 3.20. The van der Waals surface area contributed by atoms with Crippen molar-refractivity contribution in [1.82, 2.24) is 4.98 Å². The lowest BCUT2D eigenvalue weighted by Gasteiger charge is -1.99. The van der Waals surface area contributed by atoms with Crippen LogP contribution >= 0.6 is 0 Å². The van der Waals surface area contributed by atoms with Crippen molar-refractivity contribution >= 4 is 12.0 Å². The number of aromatic nitrogens is 1. The van der Waals surface area contributed by atoms with Crippen LogP contribution in [0.1, 0.15) is 11.3 Å². The standard InChI is InChI=1S/C10H11NO2/c1-3-8-4-5-9(11-7-8)6-10(12)13-2/h3-5,7H,1,6H2,2H3. The molecule has 1 heterocycles. The minimum absolute atomic E-state index is 0.216. The second-order valence-electron chi connectivity index (χ2n) is 2.54. The van der Waals surface area contributed by atoms with E-state index in [9.17, 15) is 4.79 Å². The zero-order chi connectivity index (χ0) is 9.68. The largest absolute Gasteiger partial charge is 0.469 e. The molecule has 0 aliphatic rings. The summed E-state index contributed by atoms with van der Waals surface area (Å²) >= 11 is 0. The van der Waals surface area contributed by atoms with E-state index in [4.69, 9.17) is 0 Å². The number of carbonyl (C=O) groups is 1. The van der Waals surface area contributed by atoms with Crippen LogP contribution in [0.2, 0.25) is 0 Å². The van der Waals surface area contributed by atoms with Gasteiger partial charge in [0.05, 0.1) is 19.2 Å². The van der Waals surface area contributed by atoms with Gasteiger partial charge >= 0.3 is 5.97 Å². The third kappa shape index (κ3) is 2.71. The summed E-state index contributed by atoms with van der Waals surface area (Å²) in [6, 6.07) is 3.65. The smallest absolute Gasteiger partial charge is 0.311 e. The van der Waals surface area contributed by atoms with Gasteiger partial charge in [-0.2, -0.15) is 0 Å². The van der Waals surface area contributed by atoms with Gasteiger partial charge in [0, 0.05) is 6.20 Å². The molecular formula is C10H11NO2. The molecule has 0 saturated carbocycles. The molecule has 0 N–H and O–H groups in total. The molecule has 0 spiro atoms. The average Bonchev–Trinajstić information content (AvgIpc) is 2.19. The van der Waals surface area contributed by atoms with Crippen LogP contribution in [-0.4, -0.2) is 18.1 Å². The molecule has 0 unspecified atom stereocenters. The van der Waals surface area contributed by atoms with E-state index in [2.05, 4.69) is 16.3 Å². The predicted molar refractivity (Wildman–Crippen MR) is 50.0 cm³/mol. The first-order valence-corrected chi connectivity index (χ1v) is 3.90. The molecule has 0 aliphatic carbocycles. The van der Waals surface area contributed by atoms with E-state index in [1.165, 1.54) is 7.11 Å². The van der Waals surface area contributed by atoms with Crippen molar-refractivity contribution in [3.05, 3.63) is 36.2 Å². The summed E-state index contributed by atoms with van der Waals surface area (Å²) in [5, 5.41) is 0. The van der Waals surface area contributed by atoms with Crippen LogP contribution in [-0.2, 0) is 16.0 Å². The first-order chi connectivity index (χ1) is 6.26. The number of pyridine rings is 1. The fourth-order valence-electron chi connectivity index (χ4n) is 0.881. The summed E-state index contributed by atoms with van der Waals surface area (Å²) in [5.41, 5.74) is 1.64. The average molecular weight is 177 g/mol. The van der Waals surface area contributed by atoms with Crippen molar-refractivity contribution in [2.75, 3.05) is 7.11 Å². The summed E-state index contributed by atoms with van der Waals surface area (Å²) in [5.74, 6) is -0.279. The van der Waals surface area contributed by atoms with Crippen LogP contribution < -0.4 is 0 Å². The summed E-state index contributed by atoms with van der Waals surface area (Å²) < 4.78 is 4.51. The van der Waals surface area contributed by atoms with E-state index in [0.717, 1.165) is 5.56 Å². The second-order valence-corrected chi connectivity index (χ2v) is 2.54. The Labute approximate surface area is 77.1 Å². The molecule has 1 rings (SSSR count). The highest BCUT2D eigenvalue weighted by molar-refractivity contribution is 5.71. The highest BCUT2D eigenvalue weighted by atomic mass is 16.5. The van der Waals surface area contributed by atoms with Gasteiger partial charge in [0.1, 0.15) is 0 Å². The molecule has 3 heteroatoms. The van der Waals surface area contributed by atoms with Crippen molar-refractivity contribution in [3.8, 4) is 0 Å². The molecular weight excluding hydrogens is 166 g/mol. The van der Waals surface area contributed by atoms with Crippen LogP contribution in [0.25, 0.3) is 6.08 Å². The predicted octanol–water partition coefficient (Wildman–Crippen LogP) is 1.44. The van der Waals surface area contributed by atoms with E-state index >= 15 is 0 Å². The molecule has 0 aliphatic heterocycles. The lowest BCUT2D eigenvalue weighted by Crippen LogP contribution is -2.05. The number of esters is 1. The van der Waals surface area contributed by atoms with Gasteiger partial charge in [-0.3, -0.25) is 9.78 Å². The zero-order valence-corrected chi connectivity index (χ0v) is 7.49. The number of rotatable bonds is 3. The van der Waals surface area contributed by atoms with E-state index in [0.29, 0.717) is 5.69 Å². The SMILES string of the molecule is C=Cc1ccc(CC(=O)OC)nc1. The van der Waals surface area contributed by atoms with Crippen LogP contribution in [0.4, 0.5) is 0 Å². The minimum Gasteiger partial charge on any atom is -0.469 e. The molecule has 0 aromatic carbocycles. The Morgan fingerprint density at radius 1 is 1.69 bits per heavy atom. The van der Waals surface area contributed by atoms with Gasteiger partial charge in [-0.1, -0.05) is 18.7 Å². The number of ether oxygens (including phenoxy) is 1. The van der Waals surface area contributed by atoms with E-state index < -0.39 is 0 Å². The fraction of sp³-hybridized carbons (Fsp3) is 0.200. The lowest BCUT2D eigenvalue weighted by molar-refractivity contribution is -0.139. The normalized spacial score (nSPS) is 9.31. The van der Waals surface area contributed by atoms with Crippen LogP contribution in [0.3, 0.4) is 0 Å². The Morgan fingerprint density at radius 3 is 2.92 bits per heavy atom. The third-order valence-corrected chi connectivity index (χ3v) is 1.64. The summed E-state index contributed by atoms with van der Waals surface area (Å²) in [6.07, 6.45) is 3.59. The maximum absolute atomic E-state index is 10.9. The molecule has 0 radical (unpaired) electrons. The molecule has 1 aromatic heterocycles. The highest BCUT2D eigenvalue weighted by Gasteiger charge is 2.02. The van der Waals surface area contributed by atoms with E-state index in [1.54, 1.807) is 18.3 Å². The zero-order valence-electron chi connectivity index (χ0n) is 7.49. The van der Waals surface area contributed by atoms with Crippen molar-refractivity contribution < 1.29 is 9.53 Å². The van der Waals surface area contributed by atoms with Gasteiger partial charge in [0.15, 0.2) is 0 Å².